The second kappa shape index (κ2) is 7.59. The molecule has 4 aromatic rings. The zero-order valence-corrected chi connectivity index (χ0v) is 18.1. The van der Waals surface area contributed by atoms with Gasteiger partial charge in [0.1, 0.15) is 22.5 Å². The largest absolute Gasteiger partial charge is 0.497 e. The van der Waals surface area contributed by atoms with Crippen molar-refractivity contribution in [3.05, 3.63) is 88.0 Å². The summed E-state index contributed by atoms with van der Waals surface area (Å²) in [6, 6.07) is 19.3. The highest BCUT2D eigenvalue weighted by molar-refractivity contribution is 6.30. The Morgan fingerprint density at radius 1 is 1.19 bits per heavy atom. The normalized spacial score (nSPS) is 15.2. The molecule has 7 nitrogen and oxygen atoms in total. The van der Waals surface area contributed by atoms with Gasteiger partial charge in [-0.1, -0.05) is 29.8 Å². The zero-order chi connectivity index (χ0) is 22.4. The van der Waals surface area contributed by atoms with Gasteiger partial charge >= 0.3 is 0 Å². The van der Waals surface area contributed by atoms with E-state index in [9.17, 15) is 5.26 Å². The average Bonchev–Trinajstić information content (AvgIpc) is 3.13. The standard InChI is InChI=1S/C24H18ClN5O2/c1-13-20-21(17-10-14-8-9-16(31-2)11-19(14)28-22(17)25)18(12-26)23(27)32-24(20)30(29-13)15-6-4-3-5-7-15/h3-11,21H,27H2,1-2H3/t21-/m0/s1. The molecule has 0 saturated heterocycles. The lowest BCUT2D eigenvalue weighted by atomic mass is 9.84. The van der Waals surface area contributed by atoms with Gasteiger partial charge in [-0.15, -0.1) is 0 Å². The highest BCUT2D eigenvalue weighted by Gasteiger charge is 2.37. The second-order valence-electron chi connectivity index (χ2n) is 7.40. The molecule has 2 aromatic carbocycles. The fourth-order valence-electron chi connectivity index (χ4n) is 4.04. The maximum atomic E-state index is 9.93. The lowest BCUT2D eigenvalue weighted by Gasteiger charge is -2.25. The molecule has 3 heterocycles. The molecule has 0 saturated carbocycles. The van der Waals surface area contributed by atoms with Crippen molar-refractivity contribution in [3.63, 3.8) is 0 Å². The number of allylic oxidation sites excluding steroid dienone is 1. The van der Waals surface area contributed by atoms with Crippen LogP contribution in [0.15, 0.2) is 66.1 Å². The maximum absolute atomic E-state index is 9.93. The Kier molecular flexibility index (Phi) is 4.72. The van der Waals surface area contributed by atoms with Crippen LogP contribution in [0.1, 0.15) is 22.7 Å². The number of methoxy groups -OCH3 is 1. The lowest BCUT2D eigenvalue weighted by molar-refractivity contribution is 0.367. The van der Waals surface area contributed by atoms with Gasteiger partial charge in [-0.3, -0.25) is 0 Å². The Morgan fingerprint density at radius 3 is 2.69 bits per heavy atom. The number of hydrogen-bond donors (Lipinski definition) is 1. The summed E-state index contributed by atoms with van der Waals surface area (Å²) in [5.41, 5.74) is 10.1. The highest BCUT2D eigenvalue weighted by atomic mass is 35.5. The minimum Gasteiger partial charge on any atom is -0.497 e. The van der Waals surface area contributed by atoms with E-state index in [0.29, 0.717) is 28.4 Å². The summed E-state index contributed by atoms with van der Waals surface area (Å²) < 4.78 is 12.9. The summed E-state index contributed by atoms with van der Waals surface area (Å²) in [7, 11) is 1.60. The number of nitriles is 1. The summed E-state index contributed by atoms with van der Waals surface area (Å²) in [6.45, 7) is 1.87. The molecule has 158 valence electrons. The lowest BCUT2D eigenvalue weighted by Crippen LogP contribution is -2.22. The van der Waals surface area contributed by atoms with Gasteiger partial charge in [0, 0.05) is 17.0 Å². The van der Waals surface area contributed by atoms with E-state index in [1.165, 1.54) is 0 Å². The molecule has 8 heteroatoms. The first-order valence-electron chi connectivity index (χ1n) is 9.88. The van der Waals surface area contributed by atoms with E-state index in [4.69, 9.17) is 26.8 Å². The summed E-state index contributed by atoms with van der Waals surface area (Å²) in [5.74, 6) is 0.603. The van der Waals surface area contributed by atoms with Crippen LogP contribution in [-0.4, -0.2) is 21.9 Å². The molecule has 0 fully saturated rings. The predicted octanol–water partition coefficient (Wildman–Crippen LogP) is 4.61. The van der Waals surface area contributed by atoms with E-state index in [1.807, 2.05) is 61.5 Å². The van der Waals surface area contributed by atoms with E-state index in [-0.39, 0.29) is 16.6 Å². The van der Waals surface area contributed by atoms with Crippen LogP contribution in [0.2, 0.25) is 5.15 Å². The third kappa shape index (κ3) is 3.04. The van der Waals surface area contributed by atoms with Gasteiger partial charge in [-0.2, -0.15) is 10.4 Å². The summed E-state index contributed by atoms with van der Waals surface area (Å²) >= 11 is 6.65. The maximum Gasteiger partial charge on any atom is 0.229 e. The number of rotatable bonds is 3. The van der Waals surface area contributed by atoms with E-state index in [2.05, 4.69) is 16.2 Å². The van der Waals surface area contributed by atoms with Crippen molar-refractivity contribution in [2.24, 2.45) is 5.73 Å². The number of ether oxygens (including phenoxy) is 2. The molecule has 32 heavy (non-hydrogen) atoms. The van der Waals surface area contributed by atoms with E-state index in [1.54, 1.807) is 11.8 Å². The highest BCUT2D eigenvalue weighted by Crippen LogP contribution is 2.46. The van der Waals surface area contributed by atoms with Crippen molar-refractivity contribution in [2.45, 2.75) is 12.8 Å². The van der Waals surface area contributed by atoms with Gasteiger partial charge in [0.15, 0.2) is 0 Å². The van der Waals surface area contributed by atoms with Crippen molar-refractivity contribution in [1.82, 2.24) is 14.8 Å². The Balaban J connectivity index is 1.75. The van der Waals surface area contributed by atoms with Crippen LogP contribution in [-0.2, 0) is 0 Å². The van der Waals surface area contributed by atoms with Crippen LogP contribution in [0, 0.1) is 18.3 Å². The van der Waals surface area contributed by atoms with E-state index >= 15 is 0 Å². The average molecular weight is 444 g/mol. The SMILES string of the molecule is COc1ccc2cc([C@H]3C(C#N)=C(N)Oc4c3c(C)nn4-c3ccccc3)c(Cl)nc2c1. The van der Waals surface area contributed by atoms with Gasteiger partial charge in [0.2, 0.25) is 11.8 Å². The number of aromatic nitrogens is 3. The van der Waals surface area contributed by atoms with Crippen LogP contribution in [0.5, 0.6) is 11.6 Å². The van der Waals surface area contributed by atoms with Crippen LogP contribution < -0.4 is 15.2 Å². The molecule has 1 aliphatic heterocycles. The van der Waals surface area contributed by atoms with E-state index < -0.39 is 5.92 Å². The number of nitrogens with two attached hydrogens (primary N) is 1. The first-order valence-corrected chi connectivity index (χ1v) is 10.3. The fourth-order valence-corrected chi connectivity index (χ4v) is 4.29. The van der Waals surface area contributed by atoms with Crippen molar-refractivity contribution in [3.8, 4) is 23.4 Å². The molecule has 1 atom stereocenters. The third-order valence-electron chi connectivity index (χ3n) is 5.55. The van der Waals surface area contributed by atoms with Crippen molar-refractivity contribution in [2.75, 3.05) is 7.11 Å². The van der Waals surface area contributed by atoms with Gasteiger partial charge < -0.3 is 15.2 Å². The number of pyridine rings is 1. The Bertz CT molecular complexity index is 1440. The van der Waals surface area contributed by atoms with Crippen LogP contribution in [0.3, 0.4) is 0 Å². The molecule has 2 aromatic heterocycles. The molecule has 5 rings (SSSR count). The number of hydrogen-bond acceptors (Lipinski definition) is 6. The number of halogens is 1. The summed E-state index contributed by atoms with van der Waals surface area (Å²) in [6.07, 6.45) is 0. The Labute approximate surface area is 189 Å². The van der Waals surface area contributed by atoms with Gasteiger partial charge in [0.05, 0.1) is 35.5 Å². The quantitative estimate of drug-likeness (QED) is 0.464. The predicted molar refractivity (Wildman–Crippen MR) is 121 cm³/mol. The first-order chi connectivity index (χ1) is 15.5. The zero-order valence-electron chi connectivity index (χ0n) is 17.3. The molecule has 0 aliphatic carbocycles. The monoisotopic (exact) mass is 443 g/mol. The second-order valence-corrected chi connectivity index (χ2v) is 7.76. The number of aryl methyl sites for hydroxylation is 1. The smallest absolute Gasteiger partial charge is 0.229 e. The minimum absolute atomic E-state index is 0.0213. The van der Waals surface area contributed by atoms with Crippen LogP contribution in [0.25, 0.3) is 16.6 Å². The molecular formula is C24H18ClN5O2. The molecule has 0 amide bonds. The van der Waals surface area contributed by atoms with Crippen LogP contribution in [0.4, 0.5) is 0 Å². The van der Waals surface area contributed by atoms with Crippen molar-refractivity contribution in [1.29, 1.82) is 5.26 Å². The molecular weight excluding hydrogens is 426 g/mol. The van der Waals surface area contributed by atoms with Gasteiger partial charge in [-0.25, -0.2) is 9.67 Å². The van der Waals surface area contributed by atoms with Gasteiger partial charge in [-0.05, 0) is 37.3 Å². The topological polar surface area (TPSA) is 99.0 Å². The van der Waals surface area contributed by atoms with Crippen molar-refractivity contribution < 1.29 is 9.47 Å². The van der Waals surface area contributed by atoms with Gasteiger partial charge in [0.25, 0.3) is 0 Å². The molecule has 0 spiro atoms. The fraction of sp³-hybridized carbons (Fsp3) is 0.125. The summed E-state index contributed by atoms with van der Waals surface area (Å²) in [5, 5.41) is 15.7. The molecule has 0 bridgehead atoms. The third-order valence-corrected chi connectivity index (χ3v) is 5.85. The van der Waals surface area contributed by atoms with E-state index in [0.717, 1.165) is 16.6 Å². The summed E-state index contributed by atoms with van der Waals surface area (Å²) in [4.78, 5) is 4.57. The number of para-hydroxylation sites is 1. The van der Waals surface area contributed by atoms with Crippen LogP contribution >= 0.6 is 11.6 Å². The molecule has 0 radical (unpaired) electrons. The first kappa shape index (κ1) is 19.9. The number of benzene rings is 2. The Hall–Kier alpha value is -4.02. The number of fused-ring (bicyclic) bond motifs is 2. The molecule has 0 unspecified atom stereocenters. The number of nitrogens with zero attached hydrogens (tertiary/aromatic N) is 4. The molecule has 1 aliphatic rings. The van der Waals surface area contributed by atoms with Crippen molar-refractivity contribution >= 4 is 22.5 Å². The molecule has 2 N–H and O–H groups in total. The minimum atomic E-state index is -0.562. The Morgan fingerprint density at radius 2 is 1.97 bits per heavy atom.